The van der Waals surface area contributed by atoms with Gasteiger partial charge in [0, 0.05) is 37.3 Å². The van der Waals surface area contributed by atoms with Crippen LogP contribution in [-0.2, 0) is 9.47 Å². The topological polar surface area (TPSA) is 53.7 Å². The van der Waals surface area contributed by atoms with E-state index in [9.17, 15) is 0 Å². The maximum Gasteiger partial charge on any atom is 0.121 e. The standard InChI is InChI=1S/C14H21NO3/c15-13-3-1-4-14(9-13)18-7-2-6-16-10-12-5-8-17-11-12/h1,3-4,9,12H,2,5-8,10-11,15H2. The van der Waals surface area contributed by atoms with Crippen molar-refractivity contribution >= 4 is 5.69 Å². The normalized spacial score (nSPS) is 19.0. The van der Waals surface area contributed by atoms with Gasteiger partial charge in [-0.1, -0.05) is 6.07 Å². The fraction of sp³-hybridized carbons (Fsp3) is 0.571. The highest BCUT2D eigenvalue weighted by molar-refractivity contribution is 5.43. The molecule has 0 spiro atoms. The molecule has 1 aromatic carbocycles. The van der Waals surface area contributed by atoms with Gasteiger partial charge in [0.05, 0.1) is 19.8 Å². The Morgan fingerprint density at radius 1 is 1.33 bits per heavy atom. The van der Waals surface area contributed by atoms with Crippen LogP contribution >= 0.6 is 0 Å². The SMILES string of the molecule is Nc1cccc(OCCCOCC2CCOC2)c1. The minimum Gasteiger partial charge on any atom is -0.493 e. The number of anilines is 1. The largest absolute Gasteiger partial charge is 0.493 e. The molecule has 100 valence electrons. The Bertz CT molecular complexity index is 351. The highest BCUT2D eigenvalue weighted by Crippen LogP contribution is 2.15. The molecule has 1 aliphatic rings. The third-order valence-electron chi connectivity index (χ3n) is 2.94. The number of nitrogen functional groups attached to an aromatic ring is 1. The third kappa shape index (κ3) is 4.55. The summed E-state index contributed by atoms with van der Waals surface area (Å²) in [6.45, 7) is 3.92. The van der Waals surface area contributed by atoms with Crippen molar-refractivity contribution in [2.24, 2.45) is 5.92 Å². The van der Waals surface area contributed by atoms with Crippen LogP contribution in [0.4, 0.5) is 5.69 Å². The van der Waals surface area contributed by atoms with Crippen LogP contribution < -0.4 is 10.5 Å². The van der Waals surface area contributed by atoms with E-state index in [1.807, 2.05) is 24.3 Å². The molecule has 0 bridgehead atoms. The van der Waals surface area contributed by atoms with Crippen LogP contribution in [0, 0.1) is 5.92 Å². The Balaban J connectivity index is 1.50. The van der Waals surface area contributed by atoms with E-state index >= 15 is 0 Å². The van der Waals surface area contributed by atoms with Crippen LogP contribution in [0.5, 0.6) is 5.75 Å². The molecule has 0 aromatic heterocycles. The molecule has 4 heteroatoms. The first kappa shape index (κ1) is 13.2. The van der Waals surface area contributed by atoms with Crippen molar-refractivity contribution in [3.8, 4) is 5.75 Å². The van der Waals surface area contributed by atoms with E-state index in [1.165, 1.54) is 0 Å². The van der Waals surface area contributed by atoms with Crippen LogP contribution in [0.3, 0.4) is 0 Å². The lowest BCUT2D eigenvalue weighted by Crippen LogP contribution is -2.11. The van der Waals surface area contributed by atoms with Gasteiger partial charge in [-0.3, -0.25) is 0 Å². The van der Waals surface area contributed by atoms with Crippen LogP contribution in [0.15, 0.2) is 24.3 Å². The Hall–Kier alpha value is -1.26. The first-order chi connectivity index (χ1) is 8.84. The van der Waals surface area contributed by atoms with E-state index in [0.717, 1.165) is 50.7 Å². The van der Waals surface area contributed by atoms with Crippen molar-refractivity contribution < 1.29 is 14.2 Å². The summed E-state index contributed by atoms with van der Waals surface area (Å²) in [6.07, 6.45) is 2.02. The summed E-state index contributed by atoms with van der Waals surface area (Å²) in [5.74, 6) is 1.40. The van der Waals surface area contributed by atoms with Crippen molar-refractivity contribution in [3.63, 3.8) is 0 Å². The molecule has 0 amide bonds. The molecule has 1 heterocycles. The highest BCUT2D eigenvalue weighted by Gasteiger charge is 2.15. The Morgan fingerprint density at radius 3 is 3.06 bits per heavy atom. The zero-order valence-electron chi connectivity index (χ0n) is 10.6. The second-order valence-corrected chi connectivity index (χ2v) is 4.58. The fourth-order valence-electron chi connectivity index (χ4n) is 1.92. The molecule has 1 atom stereocenters. The van der Waals surface area contributed by atoms with Crippen molar-refractivity contribution in [2.75, 3.05) is 38.8 Å². The molecule has 0 radical (unpaired) electrons. The van der Waals surface area contributed by atoms with E-state index in [0.29, 0.717) is 12.5 Å². The molecular formula is C14H21NO3. The van der Waals surface area contributed by atoms with Crippen molar-refractivity contribution in [2.45, 2.75) is 12.8 Å². The average Bonchev–Trinajstić information content (AvgIpc) is 2.87. The zero-order chi connectivity index (χ0) is 12.6. The second-order valence-electron chi connectivity index (χ2n) is 4.58. The van der Waals surface area contributed by atoms with Crippen LogP contribution in [0.2, 0.25) is 0 Å². The molecule has 1 aromatic rings. The van der Waals surface area contributed by atoms with Crippen molar-refractivity contribution in [1.82, 2.24) is 0 Å². The van der Waals surface area contributed by atoms with E-state index in [1.54, 1.807) is 0 Å². The van der Waals surface area contributed by atoms with E-state index < -0.39 is 0 Å². The smallest absolute Gasteiger partial charge is 0.121 e. The first-order valence-electron chi connectivity index (χ1n) is 6.48. The summed E-state index contributed by atoms with van der Waals surface area (Å²) in [7, 11) is 0. The summed E-state index contributed by atoms with van der Waals surface area (Å²) < 4.78 is 16.5. The Labute approximate surface area is 108 Å². The van der Waals surface area contributed by atoms with Gasteiger partial charge in [0.25, 0.3) is 0 Å². The van der Waals surface area contributed by atoms with Gasteiger partial charge in [-0.2, -0.15) is 0 Å². The zero-order valence-corrected chi connectivity index (χ0v) is 10.6. The van der Waals surface area contributed by atoms with Gasteiger partial charge in [-0.15, -0.1) is 0 Å². The lowest BCUT2D eigenvalue weighted by Gasteiger charge is -2.09. The summed E-state index contributed by atoms with van der Waals surface area (Å²) in [6, 6.07) is 7.48. The molecule has 0 saturated carbocycles. The minimum absolute atomic E-state index is 0.583. The number of benzene rings is 1. The predicted octanol–water partition coefficient (Wildman–Crippen LogP) is 2.09. The molecule has 18 heavy (non-hydrogen) atoms. The molecule has 1 fully saturated rings. The number of hydrogen-bond acceptors (Lipinski definition) is 4. The molecule has 1 unspecified atom stereocenters. The molecule has 1 aliphatic heterocycles. The van der Waals surface area contributed by atoms with Gasteiger partial charge in [0.2, 0.25) is 0 Å². The molecular weight excluding hydrogens is 230 g/mol. The molecule has 2 N–H and O–H groups in total. The molecule has 0 aliphatic carbocycles. The van der Waals surface area contributed by atoms with Crippen LogP contribution in [-0.4, -0.2) is 33.0 Å². The third-order valence-corrected chi connectivity index (χ3v) is 2.94. The van der Waals surface area contributed by atoms with Gasteiger partial charge in [-0.05, 0) is 18.6 Å². The quantitative estimate of drug-likeness (QED) is 0.595. The van der Waals surface area contributed by atoms with Gasteiger partial charge < -0.3 is 19.9 Å². The lowest BCUT2D eigenvalue weighted by molar-refractivity contribution is 0.0814. The molecule has 4 nitrogen and oxygen atoms in total. The molecule has 2 rings (SSSR count). The van der Waals surface area contributed by atoms with E-state index in [2.05, 4.69) is 0 Å². The van der Waals surface area contributed by atoms with Crippen LogP contribution in [0.25, 0.3) is 0 Å². The van der Waals surface area contributed by atoms with E-state index in [4.69, 9.17) is 19.9 Å². The van der Waals surface area contributed by atoms with Crippen molar-refractivity contribution in [1.29, 1.82) is 0 Å². The summed E-state index contributed by atoms with van der Waals surface area (Å²) >= 11 is 0. The number of ether oxygens (including phenoxy) is 3. The van der Waals surface area contributed by atoms with Gasteiger partial charge >= 0.3 is 0 Å². The summed E-state index contributed by atoms with van der Waals surface area (Å²) in [5.41, 5.74) is 6.39. The molecule has 1 saturated heterocycles. The lowest BCUT2D eigenvalue weighted by atomic mass is 10.1. The maximum atomic E-state index is 5.66. The van der Waals surface area contributed by atoms with E-state index in [-0.39, 0.29) is 0 Å². The minimum atomic E-state index is 0.583. The first-order valence-corrected chi connectivity index (χ1v) is 6.48. The van der Waals surface area contributed by atoms with Gasteiger partial charge in [-0.25, -0.2) is 0 Å². The highest BCUT2D eigenvalue weighted by atomic mass is 16.5. The maximum absolute atomic E-state index is 5.66. The van der Waals surface area contributed by atoms with Crippen molar-refractivity contribution in [3.05, 3.63) is 24.3 Å². The summed E-state index contributed by atoms with van der Waals surface area (Å²) in [5, 5.41) is 0. The number of rotatable bonds is 7. The predicted molar refractivity (Wildman–Crippen MR) is 70.7 cm³/mol. The second kappa shape index (κ2) is 7.24. The van der Waals surface area contributed by atoms with Gasteiger partial charge in [0.15, 0.2) is 0 Å². The number of hydrogen-bond donors (Lipinski definition) is 1. The number of nitrogens with two attached hydrogens (primary N) is 1. The average molecular weight is 251 g/mol. The Kier molecular flexibility index (Phi) is 5.30. The summed E-state index contributed by atoms with van der Waals surface area (Å²) in [4.78, 5) is 0. The Morgan fingerprint density at radius 2 is 2.28 bits per heavy atom. The van der Waals surface area contributed by atoms with Gasteiger partial charge in [0.1, 0.15) is 5.75 Å². The van der Waals surface area contributed by atoms with Crippen LogP contribution in [0.1, 0.15) is 12.8 Å². The fourth-order valence-corrected chi connectivity index (χ4v) is 1.92. The monoisotopic (exact) mass is 251 g/mol.